The highest BCUT2D eigenvalue weighted by Crippen LogP contribution is 2.16. The molecule has 0 bridgehead atoms. The maximum atomic E-state index is 12.2. The van der Waals surface area contributed by atoms with Crippen LogP contribution < -0.4 is 10.6 Å². The molecule has 2 rings (SSSR count). The third kappa shape index (κ3) is 5.03. The number of aromatic nitrogens is 2. The van der Waals surface area contributed by atoms with Gasteiger partial charge in [-0.1, -0.05) is 25.1 Å². The zero-order valence-corrected chi connectivity index (χ0v) is 13.5. The summed E-state index contributed by atoms with van der Waals surface area (Å²) in [4.78, 5) is 20.6. The molecule has 0 spiro atoms. The van der Waals surface area contributed by atoms with Gasteiger partial charge in [-0.15, -0.1) is 0 Å². The number of carbonyl (C=O) groups excluding carboxylic acids is 1. The van der Waals surface area contributed by atoms with Crippen LogP contribution >= 0.6 is 0 Å². The average molecular weight is 314 g/mol. The Labute approximate surface area is 136 Å². The molecule has 0 aliphatic carbocycles. The van der Waals surface area contributed by atoms with Gasteiger partial charge in [0.25, 0.3) is 5.91 Å². The Hall–Kier alpha value is -2.47. The lowest BCUT2D eigenvalue weighted by Crippen LogP contribution is -2.15. The zero-order valence-electron chi connectivity index (χ0n) is 13.5. The summed E-state index contributed by atoms with van der Waals surface area (Å²) in [5.41, 5.74) is 2.19. The molecule has 6 nitrogen and oxygen atoms in total. The first-order valence-electron chi connectivity index (χ1n) is 7.68. The summed E-state index contributed by atoms with van der Waals surface area (Å²) in [6.45, 7) is 3.49. The zero-order chi connectivity index (χ0) is 16.5. The molecule has 2 aromatic rings. The van der Waals surface area contributed by atoms with Gasteiger partial charge in [0, 0.05) is 25.9 Å². The molecule has 1 amide bonds. The van der Waals surface area contributed by atoms with Gasteiger partial charge in [0.1, 0.15) is 11.5 Å². The second-order valence-electron chi connectivity index (χ2n) is 5.02. The summed E-state index contributed by atoms with van der Waals surface area (Å²) in [7, 11) is 1.67. The summed E-state index contributed by atoms with van der Waals surface area (Å²) in [5, 5.41) is 6.01. The fourth-order valence-electron chi connectivity index (χ4n) is 2.11. The Morgan fingerprint density at radius 2 is 2.04 bits per heavy atom. The average Bonchev–Trinajstić information content (AvgIpc) is 2.59. The maximum Gasteiger partial charge on any atom is 0.275 e. The minimum atomic E-state index is -0.260. The second kappa shape index (κ2) is 8.85. The smallest absolute Gasteiger partial charge is 0.275 e. The van der Waals surface area contributed by atoms with Gasteiger partial charge in [-0.05, 0) is 24.5 Å². The number of methoxy groups -OCH3 is 1. The van der Waals surface area contributed by atoms with Gasteiger partial charge >= 0.3 is 0 Å². The highest BCUT2D eigenvalue weighted by molar-refractivity contribution is 6.03. The maximum absolute atomic E-state index is 12.2. The molecule has 0 aliphatic heterocycles. The number of benzene rings is 1. The topological polar surface area (TPSA) is 76.1 Å². The molecule has 2 N–H and O–H groups in total. The second-order valence-corrected chi connectivity index (χ2v) is 5.02. The molecule has 6 heteroatoms. The quantitative estimate of drug-likeness (QED) is 0.733. The molecule has 23 heavy (non-hydrogen) atoms. The normalized spacial score (nSPS) is 10.3. The van der Waals surface area contributed by atoms with Crippen molar-refractivity contribution in [2.45, 2.75) is 19.8 Å². The van der Waals surface area contributed by atoms with Crippen molar-refractivity contribution in [3.63, 3.8) is 0 Å². The van der Waals surface area contributed by atoms with E-state index in [1.54, 1.807) is 13.3 Å². The standard InChI is InChI=1S/C17H22N4O2/c1-3-13-7-4-5-8-14(13)21-17(22)15-11-20-16(12-19-15)18-9-6-10-23-2/h4-5,7-8,11-12H,3,6,9-10H2,1-2H3,(H,18,20)(H,21,22). The third-order valence-corrected chi connectivity index (χ3v) is 3.36. The van der Waals surface area contributed by atoms with Crippen LogP contribution in [0.5, 0.6) is 0 Å². The van der Waals surface area contributed by atoms with E-state index in [1.807, 2.05) is 24.3 Å². The minimum Gasteiger partial charge on any atom is -0.385 e. The lowest BCUT2D eigenvalue weighted by Gasteiger charge is -2.09. The molecule has 0 aliphatic rings. The van der Waals surface area contributed by atoms with Crippen LogP contribution in [0.4, 0.5) is 11.5 Å². The molecule has 0 atom stereocenters. The lowest BCUT2D eigenvalue weighted by atomic mass is 10.1. The summed E-state index contributed by atoms with van der Waals surface area (Å²) in [6.07, 6.45) is 4.77. The van der Waals surface area contributed by atoms with Crippen LogP contribution in [-0.4, -0.2) is 36.1 Å². The van der Waals surface area contributed by atoms with Crippen molar-refractivity contribution in [1.82, 2.24) is 9.97 Å². The highest BCUT2D eigenvalue weighted by Gasteiger charge is 2.10. The number of anilines is 2. The fraction of sp³-hybridized carbons (Fsp3) is 0.353. The molecule has 0 saturated heterocycles. The van der Waals surface area contributed by atoms with Crippen LogP contribution in [0.1, 0.15) is 29.4 Å². The first kappa shape index (κ1) is 16.9. The van der Waals surface area contributed by atoms with E-state index in [4.69, 9.17) is 4.74 Å². The van der Waals surface area contributed by atoms with E-state index in [2.05, 4.69) is 27.5 Å². The van der Waals surface area contributed by atoms with Crippen LogP contribution in [0.3, 0.4) is 0 Å². The van der Waals surface area contributed by atoms with Crippen LogP contribution in [0, 0.1) is 0 Å². The van der Waals surface area contributed by atoms with Crippen molar-refractivity contribution in [3.05, 3.63) is 47.9 Å². The van der Waals surface area contributed by atoms with Gasteiger partial charge in [0.05, 0.1) is 12.4 Å². The number of hydrogen-bond donors (Lipinski definition) is 2. The van der Waals surface area contributed by atoms with E-state index >= 15 is 0 Å². The SMILES string of the molecule is CCc1ccccc1NC(=O)c1cnc(NCCCOC)cn1. The number of rotatable bonds is 8. The Balaban J connectivity index is 1.94. The van der Waals surface area contributed by atoms with Gasteiger partial charge in [0.15, 0.2) is 0 Å². The Bertz CT molecular complexity index is 629. The van der Waals surface area contributed by atoms with Gasteiger partial charge in [-0.3, -0.25) is 4.79 Å². The summed E-state index contributed by atoms with van der Waals surface area (Å²) in [6, 6.07) is 7.73. The van der Waals surface area contributed by atoms with E-state index < -0.39 is 0 Å². The molecule has 1 heterocycles. The number of nitrogens with one attached hydrogen (secondary N) is 2. The Kier molecular flexibility index (Phi) is 6.50. The number of hydrogen-bond acceptors (Lipinski definition) is 5. The first-order chi connectivity index (χ1) is 11.2. The molecule has 0 saturated carbocycles. The van der Waals surface area contributed by atoms with Crippen LogP contribution in [0.25, 0.3) is 0 Å². The van der Waals surface area contributed by atoms with Crippen molar-refractivity contribution >= 4 is 17.4 Å². The Morgan fingerprint density at radius 1 is 1.22 bits per heavy atom. The minimum absolute atomic E-state index is 0.260. The van der Waals surface area contributed by atoms with Crippen molar-refractivity contribution in [2.24, 2.45) is 0 Å². The molecule has 0 radical (unpaired) electrons. The molecule has 1 aromatic carbocycles. The van der Waals surface area contributed by atoms with Crippen molar-refractivity contribution < 1.29 is 9.53 Å². The number of para-hydroxylation sites is 1. The van der Waals surface area contributed by atoms with Crippen LogP contribution in [0.2, 0.25) is 0 Å². The van der Waals surface area contributed by atoms with E-state index in [9.17, 15) is 4.79 Å². The first-order valence-corrected chi connectivity index (χ1v) is 7.68. The molecular weight excluding hydrogens is 292 g/mol. The largest absolute Gasteiger partial charge is 0.385 e. The summed E-state index contributed by atoms with van der Waals surface area (Å²) < 4.78 is 4.98. The Morgan fingerprint density at radius 3 is 2.74 bits per heavy atom. The molecule has 0 fully saturated rings. The summed E-state index contributed by atoms with van der Waals surface area (Å²) >= 11 is 0. The fourth-order valence-corrected chi connectivity index (χ4v) is 2.11. The van der Waals surface area contributed by atoms with Gasteiger partial charge in [-0.2, -0.15) is 0 Å². The number of ether oxygens (including phenoxy) is 1. The van der Waals surface area contributed by atoms with Gasteiger partial charge < -0.3 is 15.4 Å². The van der Waals surface area contributed by atoms with Gasteiger partial charge in [0.2, 0.25) is 0 Å². The lowest BCUT2D eigenvalue weighted by molar-refractivity contribution is 0.102. The molecule has 122 valence electrons. The van der Waals surface area contributed by atoms with E-state index in [0.717, 1.165) is 30.6 Å². The number of aryl methyl sites for hydroxylation is 1. The van der Waals surface area contributed by atoms with E-state index in [-0.39, 0.29) is 5.91 Å². The monoisotopic (exact) mass is 314 g/mol. The highest BCUT2D eigenvalue weighted by atomic mass is 16.5. The molecule has 1 aromatic heterocycles. The van der Waals surface area contributed by atoms with Crippen molar-refractivity contribution in [1.29, 1.82) is 0 Å². The number of carbonyl (C=O) groups is 1. The van der Waals surface area contributed by atoms with Gasteiger partial charge in [-0.25, -0.2) is 9.97 Å². The summed E-state index contributed by atoms with van der Waals surface area (Å²) in [5.74, 6) is 0.385. The van der Waals surface area contributed by atoms with Crippen LogP contribution in [-0.2, 0) is 11.2 Å². The number of nitrogens with zero attached hydrogens (tertiary/aromatic N) is 2. The van der Waals surface area contributed by atoms with Crippen molar-refractivity contribution in [3.8, 4) is 0 Å². The molecule has 0 unspecified atom stereocenters. The van der Waals surface area contributed by atoms with E-state index in [0.29, 0.717) is 18.1 Å². The molecular formula is C17H22N4O2. The predicted molar refractivity (Wildman–Crippen MR) is 90.8 cm³/mol. The third-order valence-electron chi connectivity index (χ3n) is 3.36. The van der Waals surface area contributed by atoms with Crippen LogP contribution in [0.15, 0.2) is 36.7 Å². The van der Waals surface area contributed by atoms with Crippen molar-refractivity contribution in [2.75, 3.05) is 30.9 Å². The predicted octanol–water partition coefficient (Wildman–Crippen LogP) is 2.74. The van der Waals surface area contributed by atoms with E-state index in [1.165, 1.54) is 6.20 Å². The number of amides is 1.